The number of hydrogen-bond acceptors (Lipinski definition) is 9. The molecule has 152 valence electrons. The first-order chi connectivity index (χ1) is 13.3. The van der Waals surface area contributed by atoms with Crippen molar-refractivity contribution in [2.75, 3.05) is 13.2 Å². The van der Waals surface area contributed by atoms with Crippen LogP contribution in [0.2, 0.25) is 0 Å². The standard InChI is InChI=1S/C19H23NO8/c1-10(2)17(23)26-6-5-25-13(21)3-4-14(22)27-15-11-7-12-16(15)28-18(24)19(12,8-11)9-20/h11-12,15-16,18,24H,1,3-8H2,2H3. The van der Waals surface area contributed by atoms with Gasteiger partial charge in [0.25, 0.3) is 0 Å². The number of esters is 3. The lowest BCUT2D eigenvalue weighted by Crippen LogP contribution is -2.40. The molecule has 1 N–H and O–H groups in total. The molecule has 3 aliphatic rings. The molecule has 0 aromatic heterocycles. The summed E-state index contributed by atoms with van der Waals surface area (Å²) >= 11 is 0. The molecule has 2 saturated carbocycles. The van der Waals surface area contributed by atoms with E-state index in [0.717, 1.165) is 0 Å². The van der Waals surface area contributed by atoms with Crippen molar-refractivity contribution in [3.63, 3.8) is 0 Å². The van der Waals surface area contributed by atoms with Crippen LogP contribution in [0.15, 0.2) is 12.2 Å². The van der Waals surface area contributed by atoms with Gasteiger partial charge in [-0.05, 0) is 19.8 Å². The molecular formula is C19H23NO8. The fourth-order valence-electron chi connectivity index (χ4n) is 4.35. The van der Waals surface area contributed by atoms with Crippen LogP contribution >= 0.6 is 0 Å². The Labute approximate surface area is 162 Å². The molecule has 2 bridgehead atoms. The van der Waals surface area contributed by atoms with Crippen molar-refractivity contribution in [2.24, 2.45) is 17.3 Å². The van der Waals surface area contributed by atoms with Crippen molar-refractivity contribution in [3.05, 3.63) is 12.2 Å². The predicted molar refractivity (Wildman–Crippen MR) is 91.0 cm³/mol. The minimum atomic E-state index is -1.16. The number of nitrogens with zero attached hydrogens (tertiary/aromatic N) is 1. The third-order valence-corrected chi connectivity index (χ3v) is 5.67. The van der Waals surface area contributed by atoms with Crippen LogP contribution in [-0.2, 0) is 33.3 Å². The summed E-state index contributed by atoms with van der Waals surface area (Å²) in [5, 5.41) is 19.5. The number of carbonyl (C=O) groups is 3. The van der Waals surface area contributed by atoms with Crippen molar-refractivity contribution >= 4 is 17.9 Å². The van der Waals surface area contributed by atoms with Crippen LogP contribution in [-0.4, -0.2) is 54.7 Å². The molecule has 6 unspecified atom stereocenters. The van der Waals surface area contributed by atoms with Crippen LogP contribution in [0.3, 0.4) is 0 Å². The van der Waals surface area contributed by atoms with Gasteiger partial charge in [0.2, 0.25) is 0 Å². The summed E-state index contributed by atoms with van der Waals surface area (Å²) in [5.41, 5.74) is -0.643. The fraction of sp³-hybridized carbons (Fsp3) is 0.684. The topological polar surface area (TPSA) is 132 Å². The first-order valence-electron chi connectivity index (χ1n) is 9.21. The molecule has 3 fully saturated rings. The van der Waals surface area contributed by atoms with Gasteiger partial charge < -0.3 is 24.1 Å². The number of aliphatic hydroxyl groups excluding tert-OH is 1. The average Bonchev–Trinajstić information content (AvgIpc) is 3.25. The van der Waals surface area contributed by atoms with Gasteiger partial charge in [0.1, 0.15) is 30.8 Å². The third-order valence-electron chi connectivity index (χ3n) is 5.67. The predicted octanol–water partition coefficient (Wildman–Crippen LogP) is 0.608. The van der Waals surface area contributed by atoms with Crippen LogP contribution < -0.4 is 0 Å². The number of fused-ring (bicyclic) bond motifs is 1. The van der Waals surface area contributed by atoms with E-state index in [1.54, 1.807) is 0 Å². The Morgan fingerprint density at radius 3 is 2.61 bits per heavy atom. The molecular weight excluding hydrogens is 370 g/mol. The number of nitriles is 1. The fourth-order valence-corrected chi connectivity index (χ4v) is 4.35. The van der Waals surface area contributed by atoms with Gasteiger partial charge in [0.15, 0.2) is 6.29 Å². The lowest BCUT2D eigenvalue weighted by Gasteiger charge is -2.29. The van der Waals surface area contributed by atoms with Gasteiger partial charge in [-0.3, -0.25) is 9.59 Å². The molecule has 1 saturated heterocycles. The Morgan fingerprint density at radius 1 is 1.25 bits per heavy atom. The lowest BCUT2D eigenvalue weighted by atomic mass is 9.74. The molecule has 9 nitrogen and oxygen atoms in total. The summed E-state index contributed by atoms with van der Waals surface area (Å²) in [6.07, 6.45) is -1.34. The second-order valence-corrected chi connectivity index (χ2v) is 7.50. The number of ether oxygens (including phenoxy) is 4. The summed E-state index contributed by atoms with van der Waals surface area (Å²) < 4.78 is 20.6. The monoisotopic (exact) mass is 393 g/mol. The van der Waals surface area contributed by atoms with Gasteiger partial charge in [0, 0.05) is 17.4 Å². The Hall–Kier alpha value is -2.44. The van der Waals surface area contributed by atoms with Crippen LogP contribution in [0.1, 0.15) is 32.6 Å². The van der Waals surface area contributed by atoms with Crippen molar-refractivity contribution in [2.45, 2.75) is 51.1 Å². The maximum Gasteiger partial charge on any atom is 0.333 e. The zero-order valence-corrected chi connectivity index (χ0v) is 15.6. The van der Waals surface area contributed by atoms with Crippen LogP contribution in [0.5, 0.6) is 0 Å². The third kappa shape index (κ3) is 3.62. The molecule has 3 rings (SSSR count). The average molecular weight is 393 g/mol. The van der Waals surface area contributed by atoms with E-state index in [1.165, 1.54) is 6.92 Å². The van der Waals surface area contributed by atoms with E-state index in [-0.39, 0.29) is 43.5 Å². The highest BCUT2D eigenvalue weighted by molar-refractivity contribution is 5.86. The molecule has 0 spiro atoms. The first kappa shape index (κ1) is 20.3. The van der Waals surface area contributed by atoms with E-state index in [1.807, 2.05) is 0 Å². The van der Waals surface area contributed by atoms with Crippen LogP contribution in [0.4, 0.5) is 0 Å². The maximum atomic E-state index is 12.1. The SMILES string of the molecule is C=C(C)C(=O)OCCOC(=O)CCC(=O)OC1C2CC3C1OC(O)C3(C#N)C2. The normalized spacial score (nSPS) is 34.5. The van der Waals surface area contributed by atoms with Gasteiger partial charge in [-0.15, -0.1) is 0 Å². The molecule has 2 aliphatic carbocycles. The number of carbonyl (C=O) groups excluding carboxylic acids is 3. The zero-order chi connectivity index (χ0) is 20.5. The van der Waals surface area contributed by atoms with Gasteiger partial charge in [-0.1, -0.05) is 6.58 Å². The highest BCUT2D eigenvalue weighted by Crippen LogP contribution is 2.63. The molecule has 0 aromatic rings. The highest BCUT2D eigenvalue weighted by Gasteiger charge is 2.70. The molecule has 0 radical (unpaired) electrons. The van der Waals surface area contributed by atoms with E-state index in [2.05, 4.69) is 12.6 Å². The maximum absolute atomic E-state index is 12.1. The first-order valence-corrected chi connectivity index (χ1v) is 9.21. The minimum Gasteiger partial charge on any atom is -0.462 e. The summed E-state index contributed by atoms with van der Waals surface area (Å²) in [7, 11) is 0. The van der Waals surface area contributed by atoms with E-state index in [0.29, 0.717) is 12.8 Å². The lowest BCUT2D eigenvalue weighted by molar-refractivity contribution is -0.167. The summed E-state index contributed by atoms with van der Waals surface area (Å²) in [5.74, 6) is -1.89. The number of aliphatic hydroxyl groups is 1. The van der Waals surface area contributed by atoms with Crippen LogP contribution in [0, 0.1) is 28.6 Å². The van der Waals surface area contributed by atoms with Crippen molar-refractivity contribution in [1.29, 1.82) is 5.26 Å². The summed E-state index contributed by atoms with van der Waals surface area (Å²) in [6.45, 7) is 4.74. The van der Waals surface area contributed by atoms with E-state index < -0.39 is 41.8 Å². The van der Waals surface area contributed by atoms with Gasteiger partial charge in [0.05, 0.1) is 18.9 Å². The number of hydrogen-bond donors (Lipinski definition) is 1. The van der Waals surface area contributed by atoms with Crippen molar-refractivity contribution in [3.8, 4) is 6.07 Å². The Kier molecular flexibility index (Phi) is 5.72. The smallest absolute Gasteiger partial charge is 0.333 e. The van der Waals surface area contributed by atoms with Gasteiger partial charge in [-0.25, -0.2) is 4.79 Å². The van der Waals surface area contributed by atoms with Crippen molar-refractivity contribution < 1.29 is 38.4 Å². The van der Waals surface area contributed by atoms with Crippen molar-refractivity contribution in [1.82, 2.24) is 0 Å². The van der Waals surface area contributed by atoms with E-state index >= 15 is 0 Å². The molecule has 1 heterocycles. The molecule has 0 amide bonds. The molecule has 9 heteroatoms. The van der Waals surface area contributed by atoms with Gasteiger partial charge >= 0.3 is 17.9 Å². The van der Waals surface area contributed by atoms with Gasteiger partial charge in [-0.2, -0.15) is 5.26 Å². The molecule has 0 aromatic carbocycles. The summed E-state index contributed by atoms with van der Waals surface area (Å²) in [4.78, 5) is 34.9. The second kappa shape index (κ2) is 7.89. The summed E-state index contributed by atoms with van der Waals surface area (Å²) in [6, 6.07) is 2.19. The van der Waals surface area contributed by atoms with E-state index in [9.17, 15) is 24.8 Å². The Bertz CT molecular complexity index is 728. The van der Waals surface area contributed by atoms with E-state index in [4.69, 9.17) is 18.9 Å². The minimum absolute atomic E-state index is 0.0225. The largest absolute Gasteiger partial charge is 0.462 e. The number of rotatable bonds is 8. The molecule has 28 heavy (non-hydrogen) atoms. The highest BCUT2D eigenvalue weighted by atomic mass is 16.6. The Morgan fingerprint density at radius 2 is 1.93 bits per heavy atom. The Balaban J connectivity index is 1.37. The molecule has 6 atom stereocenters. The van der Waals surface area contributed by atoms with Crippen LogP contribution in [0.25, 0.3) is 0 Å². The molecule has 1 aliphatic heterocycles. The zero-order valence-electron chi connectivity index (χ0n) is 15.6. The second-order valence-electron chi connectivity index (χ2n) is 7.50. The quantitative estimate of drug-likeness (QED) is 0.272.